The van der Waals surface area contributed by atoms with Gasteiger partial charge in [-0.2, -0.15) is 0 Å². The zero-order valence-corrected chi connectivity index (χ0v) is 8.66. The standard InChI is InChI=1S/C11H17N3/c1-2-3-4-11-13-9(8-5-6-8)7-10(12)14-11/h7-8H,2-6H2,1H3,(H2,12,13,14). The Morgan fingerprint density at radius 3 is 2.86 bits per heavy atom. The Kier molecular flexibility index (Phi) is 2.66. The van der Waals surface area contributed by atoms with E-state index in [0.717, 1.165) is 24.4 Å². The molecule has 0 aliphatic heterocycles. The summed E-state index contributed by atoms with van der Waals surface area (Å²) in [6.45, 7) is 2.17. The van der Waals surface area contributed by atoms with Crippen molar-refractivity contribution in [2.24, 2.45) is 0 Å². The first-order valence-electron chi connectivity index (χ1n) is 5.43. The van der Waals surface area contributed by atoms with Crippen molar-refractivity contribution in [2.75, 3.05) is 5.73 Å². The van der Waals surface area contributed by atoms with Gasteiger partial charge in [0, 0.05) is 24.1 Å². The van der Waals surface area contributed by atoms with Gasteiger partial charge in [0.25, 0.3) is 0 Å². The Balaban J connectivity index is 2.13. The molecular weight excluding hydrogens is 174 g/mol. The molecule has 2 N–H and O–H groups in total. The summed E-state index contributed by atoms with van der Waals surface area (Å²) in [5.41, 5.74) is 6.90. The zero-order chi connectivity index (χ0) is 9.97. The van der Waals surface area contributed by atoms with Crippen LogP contribution in [0.2, 0.25) is 0 Å². The highest BCUT2D eigenvalue weighted by molar-refractivity contribution is 5.32. The van der Waals surface area contributed by atoms with Gasteiger partial charge in [0.1, 0.15) is 11.6 Å². The fraction of sp³-hybridized carbons (Fsp3) is 0.636. The van der Waals surface area contributed by atoms with Crippen LogP contribution < -0.4 is 5.73 Å². The third-order valence-electron chi connectivity index (χ3n) is 2.56. The van der Waals surface area contributed by atoms with Crippen LogP contribution in [0.4, 0.5) is 5.82 Å². The molecule has 0 saturated heterocycles. The molecule has 1 aliphatic carbocycles. The SMILES string of the molecule is CCCCc1nc(N)cc(C2CC2)n1. The lowest BCUT2D eigenvalue weighted by atomic mass is 10.2. The third kappa shape index (κ3) is 2.22. The second-order valence-corrected chi connectivity index (χ2v) is 4.01. The minimum atomic E-state index is 0.632. The monoisotopic (exact) mass is 191 g/mol. The topological polar surface area (TPSA) is 51.8 Å². The molecule has 0 spiro atoms. The predicted molar refractivity (Wildman–Crippen MR) is 57.0 cm³/mol. The quantitative estimate of drug-likeness (QED) is 0.794. The van der Waals surface area contributed by atoms with Crippen molar-refractivity contribution in [2.45, 2.75) is 44.9 Å². The summed E-state index contributed by atoms with van der Waals surface area (Å²) in [5, 5.41) is 0. The van der Waals surface area contributed by atoms with Crippen molar-refractivity contribution in [3.8, 4) is 0 Å². The van der Waals surface area contributed by atoms with E-state index in [1.807, 2.05) is 6.07 Å². The maximum Gasteiger partial charge on any atom is 0.131 e. The first-order chi connectivity index (χ1) is 6.79. The minimum Gasteiger partial charge on any atom is -0.384 e. The Morgan fingerprint density at radius 2 is 2.21 bits per heavy atom. The van der Waals surface area contributed by atoms with Crippen molar-refractivity contribution in [3.05, 3.63) is 17.6 Å². The number of nitrogens with zero attached hydrogens (tertiary/aromatic N) is 2. The number of unbranched alkanes of at least 4 members (excludes halogenated alkanes) is 1. The van der Waals surface area contributed by atoms with Gasteiger partial charge in [-0.3, -0.25) is 0 Å². The highest BCUT2D eigenvalue weighted by atomic mass is 14.9. The lowest BCUT2D eigenvalue weighted by Gasteiger charge is -2.03. The molecule has 1 heterocycles. The van der Waals surface area contributed by atoms with Gasteiger partial charge in [-0.25, -0.2) is 9.97 Å². The van der Waals surface area contributed by atoms with Crippen LogP contribution in [0.3, 0.4) is 0 Å². The maximum atomic E-state index is 5.75. The van der Waals surface area contributed by atoms with E-state index in [0.29, 0.717) is 11.7 Å². The Bertz CT molecular complexity index is 318. The molecular formula is C11H17N3. The summed E-state index contributed by atoms with van der Waals surface area (Å²) in [6, 6.07) is 1.92. The largest absolute Gasteiger partial charge is 0.384 e. The summed E-state index contributed by atoms with van der Waals surface area (Å²) in [6.07, 6.45) is 5.82. The van der Waals surface area contributed by atoms with E-state index in [9.17, 15) is 0 Å². The van der Waals surface area contributed by atoms with Crippen molar-refractivity contribution < 1.29 is 0 Å². The van der Waals surface area contributed by atoms with Crippen LogP contribution in [-0.4, -0.2) is 9.97 Å². The Morgan fingerprint density at radius 1 is 1.43 bits per heavy atom. The first kappa shape index (κ1) is 9.44. The van der Waals surface area contributed by atoms with E-state index in [2.05, 4.69) is 16.9 Å². The van der Waals surface area contributed by atoms with Crippen molar-refractivity contribution in [1.29, 1.82) is 0 Å². The second-order valence-electron chi connectivity index (χ2n) is 4.01. The molecule has 3 heteroatoms. The van der Waals surface area contributed by atoms with Crippen LogP contribution in [0, 0.1) is 0 Å². The van der Waals surface area contributed by atoms with E-state index in [1.165, 1.54) is 19.3 Å². The molecule has 1 aromatic heterocycles. The molecule has 0 atom stereocenters. The molecule has 0 radical (unpaired) electrons. The molecule has 1 saturated carbocycles. The number of nitrogen functional groups attached to an aromatic ring is 1. The van der Waals surface area contributed by atoms with E-state index in [-0.39, 0.29) is 0 Å². The molecule has 76 valence electrons. The molecule has 3 nitrogen and oxygen atoms in total. The number of aryl methyl sites for hydroxylation is 1. The highest BCUT2D eigenvalue weighted by Gasteiger charge is 2.25. The zero-order valence-electron chi connectivity index (χ0n) is 8.66. The smallest absolute Gasteiger partial charge is 0.131 e. The molecule has 1 aliphatic rings. The maximum absolute atomic E-state index is 5.75. The van der Waals surface area contributed by atoms with Gasteiger partial charge in [0.15, 0.2) is 0 Å². The van der Waals surface area contributed by atoms with Crippen LogP contribution in [0.1, 0.15) is 50.0 Å². The van der Waals surface area contributed by atoms with E-state index in [4.69, 9.17) is 5.73 Å². The van der Waals surface area contributed by atoms with E-state index in [1.54, 1.807) is 0 Å². The average molecular weight is 191 g/mol. The van der Waals surface area contributed by atoms with Gasteiger partial charge < -0.3 is 5.73 Å². The van der Waals surface area contributed by atoms with Gasteiger partial charge in [-0.1, -0.05) is 13.3 Å². The van der Waals surface area contributed by atoms with Gasteiger partial charge in [0.2, 0.25) is 0 Å². The molecule has 0 unspecified atom stereocenters. The van der Waals surface area contributed by atoms with Crippen molar-refractivity contribution in [1.82, 2.24) is 9.97 Å². The van der Waals surface area contributed by atoms with Crippen LogP contribution in [0.5, 0.6) is 0 Å². The van der Waals surface area contributed by atoms with Crippen LogP contribution in [-0.2, 0) is 6.42 Å². The second kappa shape index (κ2) is 3.95. The summed E-state index contributed by atoms with van der Waals surface area (Å²) < 4.78 is 0. The molecule has 0 bridgehead atoms. The Hall–Kier alpha value is -1.12. The van der Waals surface area contributed by atoms with Crippen LogP contribution in [0.25, 0.3) is 0 Å². The molecule has 0 aromatic carbocycles. The van der Waals surface area contributed by atoms with Crippen LogP contribution in [0.15, 0.2) is 6.07 Å². The number of hydrogen-bond acceptors (Lipinski definition) is 3. The van der Waals surface area contributed by atoms with Gasteiger partial charge in [0.05, 0.1) is 0 Å². The summed E-state index contributed by atoms with van der Waals surface area (Å²) in [7, 11) is 0. The lowest BCUT2D eigenvalue weighted by molar-refractivity contribution is 0.744. The van der Waals surface area contributed by atoms with Crippen molar-refractivity contribution >= 4 is 5.82 Å². The summed E-state index contributed by atoms with van der Waals surface area (Å²) in [4.78, 5) is 8.79. The molecule has 2 rings (SSSR count). The van der Waals surface area contributed by atoms with Gasteiger partial charge in [-0.15, -0.1) is 0 Å². The molecule has 14 heavy (non-hydrogen) atoms. The fourth-order valence-electron chi connectivity index (χ4n) is 1.57. The number of aromatic nitrogens is 2. The highest BCUT2D eigenvalue weighted by Crippen LogP contribution is 2.39. The Labute approximate surface area is 84.8 Å². The predicted octanol–water partition coefficient (Wildman–Crippen LogP) is 2.28. The number of rotatable bonds is 4. The van der Waals surface area contributed by atoms with E-state index >= 15 is 0 Å². The minimum absolute atomic E-state index is 0.632. The molecule has 0 amide bonds. The normalized spacial score (nSPS) is 15.8. The average Bonchev–Trinajstić information content (AvgIpc) is 2.97. The number of anilines is 1. The lowest BCUT2D eigenvalue weighted by Crippen LogP contribution is -2.02. The van der Waals surface area contributed by atoms with E-state index < -0.39 is 0 Å². The van der Waals surface area contributed by atoms with Gasteiger partial charge >= 0.3 is 0 Å². The van der Waals surface area contributed by atoms with Crippen LogP contribution >= 0.6 is 0 Å². The summed E-state index contributed by atoms with van der Waals surface area (Å²) >= 11 is 0. The molecule has 1 fully saturated rings. The number of nitrogens with two attached hydrogens (primary N) is 1. The van der Waals surface area contributed by atoms with Crippen molar-refractivity contribution in [3.63, 3.8) is 0 Å². The first-order valence-corrected chi connectivity index (χ1v) is 5.43. The third-order valence-corrected chi connectivity index (χ3v) is 2.56. The fourth-order valence-corrected chi connectivity index (χ4v) is 1.57. The van der Waals surface area contributed by atoms with Gasteiger partial charge in [-0.05, 0) is 19.3 Å². The number of hydrogen-bond donors (Lipinski definition) is 1. The summed E-state index contributed by atoms with van der Waals surface area (Å²) in [5.74, 6) is 2.22. The molecule has 1 aromatic rings.